The van der Waals surface area contributed by atoms with Gasteiger partial charge >= 0.3 is 0 Å². The van der Waals surface area contributed by atoms with Crippen LogP contribution < -0.4 is 10.2 Å². The van der Waals surface area contributed by atoms with Gasteiger partial charge in [-0.15, -0.1) is 0 Å². The van der Waals surface area contributed by atoms with E-state index in [0.717, 1.165) is 19.0 Å². The van der Waals surface area contributed by atoms with Crippen LogP contribution in [0.25, 0.3) is 0 Å². The zero-order valence-corrected chi connectivity index (χ0v) is 9.78. The van der Waals surface area contributed by atoms with E-state index in [1.165, 1.54) is 43.6 Å². The van der Waals surface area contributed by atoms with Crippen molar-refractivity contribution >= 4 is 11.4 Å². The first-order valence-electron chi connectivity index (χ1n) is 6.51. The smallest absolute Gasteiger partial charge is 0.0602 e. The molecule has 2 nitrogen and oxygen atoms in total. The molecule has 1 N–H and O–H groups in total. The van der Waals surface area contributed by atoms with Crippen LogP contribution in [0.3, 0.4) is 0 Å². The molecule has 0 spiro atoms. The quantitative estimate of drug-likeness (QED) is 0.817. The van der Waals surface area contributed by atoms with E-state index in [2.05, 4.69) is 34.5 Å². The van der Waals surface area contributed by atoms with Gasteiger partial charge in [0.1, 0.15) is 0 Å². The second kappa shape index (κ2) is 4.36. The van der Waals surface area contributed by atoms with E-state index < -0.39 is 0 Å². The van der Waals surface area contributed by atoms with E-state index in [0.29, 0.717) is 0 Å². The van der Waals surface area contributed by atoms with Gasteiger partial charge in [0, 0.05) is 19.6 Å². The molecule has 2 heteroatoms. The molecule has 1 heterocycles. The predicted octanol–water partition coefficient (Wildman–Crippen LogP) is 3.11. The van der Waals surface area contributed by atoms with E-state index >= 15 is 0 Å². The monoisotopic (exact) mass is 216 g/mol. The number of nitrogens with one attached hydrogen (secondary N) is 1. The molecule has 0 aromatic heterocycles. The molecule has 0 atom stereocenters. The fraction of sp³-hybridized carbons (Fsp3) is 0.571. The number of nitrogens with zero attached hydrogens (tertiary/aromatic N) is 1. The summed E-state index contributed by atoms with van der Waals surface area (Å²) >= 11 is 0. The standard InChI is InChI=1S/C14H20N2/c1-2-6-12(5-1)11-16-10-9-15-13-7-3-4-8-14(13)16/h3-4,7-8,12,15H,1-2,5-6,9-11H2. The molecule has 1 aromatic rings. The Labute approximate surface area is 97.6 Å². The third-order valence-corrected chi connectivity index (χ3v) is 3.90. The van der Waals surface area contributed by atoms with Gasteiger partial charge in [0.25, 0.3) is 0 Å². The summed E-state index contributed by atoms with van der Waals surface area (Å²) in [5.74, 6) is 0.936. The Bertz CT molecular complexity index is 356. The molecule has 1 aliphatic carbocycles. The second-order valence-electron chi connectivity index (χ2n) is 5.04. The van der Waals surface area contributed by atoms with Crippen LogP contribution in [0, 0.1) is 5.92 Å². The van der Waals surface area contributed by atoms with Gasteiger partial charge in [0.2, 0.25) is 0 Å². The zero-order chi connectivity index (χ0) is 10.8. The topological polar surface area (TPSA) is 15.3 Å². The lowest BCUT2D eigenvalue weighted by molar-refractivity contribution is 0.531. The number of anilines is 2. The van der Waals surface area contributed by atoms with Crippen LogP contribution in [0.4, 0.5) is 11.4 Å². The van der Waals surface area contributed by atoms with Crippen molar-refractivity contribution in [2.45, 2.75) is 25.7 Å². The van der Waals surface area contributed by atoms with Crippen molar-refractivity contribution in [1.29, 1.82) is 0 Å². The minimum absolute atomic E-state index is 0.936. The van der Waals surface area contributed by atoms with Gasteiger partial charge in [-0.1, -0.05) is 25.0 Å². The van der Waals surface area contributed by atoms with Crippen molar-refractivity contribution in [3.05, 3.63) is 24.3 Å². The van der Waals surface area contributed by atoms with Crippen LogP contribution >= 0.6 is 0 Å². The summed E-state index contributed by atoms with van der Waals surface area (Å²) < 4.78 is 0. The first kappa shape index (κ1) is 10.0. The number of hydrogen-bond donors (Lipinski definition) is 1. The molecule has 3 rings (SSSR count). The largest absolute Gasteiger partial charge is 0.382 e. The number of benzene rings is 1. The van der Waals surface area contributed by atoms with E-state index in [1.54, 1.807) is 0 Å². The van der Waals surface area contributed by atoms with Crippen molar-refractivity contribution in [3.8, 4) is 0 Å². The summed E-state index contributed by atoms with van der Waals surface area (Å²) in [7, 11) is 0. The highest BCUT2D eigenvalue weighted by molar-refractivity contribution is 5.71. The highest BCUT2D eigenvalue weighted by atomic mass is 15.2. The molecule has 2 aliphatic rings. The van der Waals surface area contributed by atoms with Crippen molar-refractivity contribution in [1.82, 2.24) is 0 Å². The fourth-order valence-corrected chi connectivity index (χ4v) is 3.04. The molecule has 1 aliphatic heterocycles. The minimum atomic E-state index is 0.936. The summed E-state index contributed by atoms with van der Waals surface area (Å²) in [4.78, 5) is 2.57. The summed E-state index contributed by atoms with van der Waals surface area (Å²) in [5, 5.41) is 3.48. The van der Waals surface area contributed by atoms with Gasteiger partial charge < -0.3 is 10.2 Å². The summed E-state index contributed by atoms with van der Waals surface area (Å²) in [6.45, 7) is 3.51. The molecule has 0 radical (unpaired) electrons. The van der Waals surface area contributed by atoms with Gasteiger partial charge in [0.15, 0.2) is 0 Å². The Balaban J connectivity index is 1.76. The summed E-state index contributed by atoms with van der Waals surface area (Å²) in [6.07, 6.45) is 5.76. The average molecular weight is 216 g/mol. The van der Waals surface area contributed by atoms with Crippen LogP contribution in [0.2, 0.25) is 0 Å². The molecule has 86 valence electrons. The molecular weight excluding hydrogens is 196 g/mol. The predicted molar refractivity (Wildman–Crippen MR) is 69.1 cm³/mol. The number of para-hydroxylation sites is 2. The normalized spacial score (nSPS) is 20.6. The lowest BCUT2D eigenvalue weighted by atomic mass is 10.1. The average Bonchev–Trinajstić information content (AvgIpc) is 2.82. The zero-order valence-electron chi connectivity index (χ0n) is 9.78. The van der Waals surface area contributed by atoms with Crippen molar-refractivity contribution in [2.24, 2.45) is 5.92 Å². The first-order valence-corrected chi connectivity index (χ1v) is 6.51. The minimum Gasteiger partial charge on any atom is -0.382 e. The highest BCUT2D eigenvalue weighted by Gasteiger charge is 2.21. The molecular formula is C14H20N2. The lowest BCUT2D eigenvalue weighted by Crippen LogP contribution is -2.36. The molecule has 1 saturated carbocycles. The Morgan fingerprint density at radius 1 is 1.19 bits per heavy atom. The SMILES string of the molecule is c1ccc2c(c1)NCCN2CC1CCCC1. The van der Waals surface area contributed by atoms with Crippen molar-refractivity contribution < 1.29 is 0 Å². The van der Waals surface area contributed by atoms with E-state index in [-0.39, 0.29) is 0 Å². The number of rotatable bonds is 2. The Hall–Kier alpha value is -1.18. The molecule has 0 saturated heterocycles. The second-order valence-corrected chi connectivity index (χ2v) is 5.04. The van der Waals surface area contributed by atoms with Crippen molar-refractivity contribution in [3.63, 3.8) is 0 Å². The molecule has 1 aromatic carbocycles. The lowest BCUT2D eigenvalue weighted by Gasteiger charge is -2.33. The fourth-order valence-electron chi connectivity index (χ4n) is 3.04. The van der Waals surface area contributed by atoms with Gasteiger partial charge in [0.05, 0.1) is 11.4 Å². The summed E-state index contributed by atoms with van der Waals surface area (Å²) in [5.41, 5.74) is 2.72. The van der Waals surface area contributed by atoms with Crippen LogP contribution in [0.1, 0.15) is 25.7 Å². The van der Waals surface area contributed by atoms with Crippen LogP contribution in [-0.4, -0.2) is 19.6 Å². The third kappa shape index (κ3) is 1.89. The molecule has 16 heavy (non-hydrogen) atoms. The number of fused-ring (bicyclic) bond motifs is 1. The van der Waals surface area contributed by atoms with Gasteiger partial charge in [-0.25, -0.2) is 0 Å². The third-order valence-electron chi connectivity index (χ3n) is 3.90. The first-order chi connectivity index (χ1) is 7.93. The molecule has 1 fully saturated rings. The van der Waals surface area contributed by atoms with Gasteiger partial charge in [-0.2, -0.15) is 0 Å². The maximum absolute atomic E-state index is 3.48. The van der Waals surface area contributed by atoms with E-state index in [4.69, 9.17) is 0 Å². The maximum Gasteiger partial charge on any atom is 0.0602 e. The van der Waals surface area contributed by atoms with E-state index in [9.17, 15) is 0 Å². The Morgan fingerprint density at radius 3 is 2.88 bits per heavy atom. The van der Waals surface area contributed by atoms with Crippen LogP contribution in [0.5, 0.6) is 0 Å². The molecule has 0 amide bonds. The van der Waals surface area contributed by atoms with Gasteiger partial charge in [-0.05, 0) is 30.9 Å². The molecule has 0 unspecified atom stereocenters. The highest BCUT2D eigenvalue weighted by Crippen LogP contribution is 2.32. The summed E-state index contributed by atoms with van der Waals surface area (Å²) in [6, 6.07) is 8.70. The Morgan fingerprint density at radius 2 is 2.00 bits per heavy atom. The Kier molecular flexibility index (Phi) is 2.73. The van der Waals surface area contributed by atoms with Crippen LogP contribution in [-0.2, 0) is 0 Å². The van der Waals surface area contributed by atoms with E-state index in [1.807, 2.05) is 0 Å². The molecule has 0 bridgehead atoms. The van der Waals surface area contributed by atoms with Crippen molar-refractivity contribution in [2.75, 3.05) is 29.9 Å². The van der Waals surface area contributed by atoms with Crippen LogP contribution in [0.15, 0.2) is 24.3 Å². The maximum atomic E-state index is 3.48. The number of hydrogen-bond acceptors (Lipinski definition) is 2. The van der Waals surface area contributed by atoms with Gasteiger partial charge in [-0.3, -0.25) is 0 Å².